The van der Waals surface area contributed by atoms with Crippen LogP contribution in [0.3, 0.4) is 0 Å². The summed E-state index contributed by atoms with van der Waals surface area (Å²) >= 11 is 0. The first kappa shape index (κ1) is 16.9. The smallest absolute Gasteiger partial charge is 0.416 e. The minimum absolute atomic E-state index is 0.174. The second-order valence-electron chi connectivity index (χ2n) is 4.93. The highest BCUT2D eigenvalue weighted by Gasteiger charge is 2.29. The quantitative estimate of drug-likeness (QED) is 0.896. The molecule has 0 aliphatic rings. The van der Waals surface area contributed by atoms with Crippen LogP contribution >= 0.6 is 0 Å². The molecular formula is C17H16F3NO2. The largest absolute Gasteiger partial charge is 0.445 e. The fourth-order valence-electron chi connectivity index (χ4n) is 1.94. The molecule has 0 spiro atoms. The number of amides is 1. The lowest BCUT2D eigenvalue weighted by Crippen LogP contribution is -2.26. The van der Waals surface area contributed by atoms with Crippen LogP contribution in [0.1, 0.15) is 16.7 Å². The fourth-order valence-corrected chi connectivity index (χ4v) is 1.94. The van der Waals surface area contributed by atoms with Crippen molar-refractivity contribution in [1.29, 1.82) is 0 Å². The van der Waals surface area contributed by atoms with Crippen molar-refractivity contribution in [2.24, 2.45) is 0 Å². The first-order valence-corrected chi connectivity index (χ1v) is 7.06. The van der Waals surface area contributed by atoms with Gasteiger partial charge in [-0.2, -0.15) is 13.2 Å². The van der Waals surface area contributed by atoms with Gasteiger partial charge in [-0.1, -0.05) is 42.5 Å². The molecule has 2 aromatic carbocycles. The molecule has 0 fully saturated rings. The monoisotopic (exact) mass is 323 g/mol. The van der Waals surface area contributed by atoms with Gasteiger partial charge < -0.3 is 10.1 Å². The van der Waals surface area contributed by atoms with E-state index in [0.29, 0.717) is 18.5 Å². The van der Waals surface area contributed by atoms with Crippen LogP contribution < -0.4 is 5.32 Å². The lowest BCUT2D eigenvalue weighted by molar-refractivity contribution is -0.137. The van der Waals surface area contributed by atoms with Crippen molar-refractivity contribution in [3.8, 4) is 0 Å². The minimum Gasteiger partial charge on any atom is -0.445 e. The van der Waals surface area contributed by atoms with E-state index in [4.69, 9.17) is 4.74 Å². The first-order valence-electron chi connectivity index (χ1n) is 7.06. The molecule has 1 amide bonds. The van der Waals surface area contributed by atoms with Gasteiger partial charge in [-0.05, 0) is 29.7 Å². The van der Waals surface area contributed by atoms with Crippen molar-refractivity contribution in [2.75, 3.05) is 6.54 Å². The van der Waals surface area contributed by atoms with Gasteiger partial charge in [0.1, 0.15) is 6.61 Å². The molecule has 0 bridgehead atoms. The lowest BCUT2D eigenvalue weighted by Gasteiger charge is -2.09. The average molecular weight is 323 g/mol. The molecule has 0 radical (unpaired) electrons. The van der Waals surface area contributed by atoms with Crippen LogP contribution in [-0.2, 0) is 23.9 Å². The van der Waals surface area contributed by atoms with Crippen LogP contribution in [0.5, 0.6) is 0 Å². The molecule has 0 aliphatic heterocycles. The van der Waals surface area contributed by atoms with Crippen LogP contribution in [0.2, 0.25) is 0 Å². The molecule has 23 heavy (non-hydrogen) atoms. The Morgan fingerprint density at radius 3 is 2.22 bits per heavy atom. The number of nitrogens with one attached hydrogen (secondary N) is 1. The SMILES string of the molecule is O=C(NCCc1ccc(C(F)(F)F)cc1)OCc1ccccc1. The minimum atomic E-state index is -4.34. The highest BCUT2D eigenvalue weighted by molar-refractivity contribution is 5.67. The Morgan fingerprint density at radius 2 is 1.61 bits per heavy atom. The Balaban J connectivity index is 1.71. The van der Waals surface area contributed by atoms with Gasteiger partial charge in [-0.15, -0.1) is 0 Å². The lowest BCUT2D eigenvalue weighted by atomic mass is 10.1. The van der Waals surface area contributed by atoms with Crippen LogP contribution in [0.15, 0.2) is 54.6 Å². The number of hydrogen-bond donors (Lipinski definition) is 1. The first-order chi connectivity index (χ1) is 10.9. The third-order valence-corrected chi connectivity index (χ3v) is 3.18. The molecular weight excluding hydrogens is 307 g/mol. The second-order valence-corrected chi connectivity index (χ2v) is 4.93. The van der Waals surface area contributed by atoms with E-state index in [9.17, 15) is 18.0 Å². The van der Waals surface area contributed by atoms with Crippen LogP contribution in [-0.4, -0.2) is 12.6 Å². The van der Waals surface area contributed by atoms with Gasteiger partial charge in [-0.25, -0.2) is 4.79 Å². The Kier molecular flexibility index (Phi) is 5.62. The normalized spacial score (nSPS) is 11.1. The molecule has 0 atom stereocenters. The van der Waals surface area contributed by atoms with E-state index in [2.05, 4.69) is 5.32 Å². The van der Waals surface area contributed by atoms with E-state index in [0.717, 1.165) is 17.7 Å². The number of rotatable bonds is 5. The van der Waals surface area contributed by atoms with Gasteiger partial charge in [0.25, 0.3) is 0 Å². The maximum absolute atomic E-state index is 12.4. The summed E-state index contributed by atoms with van der Waals surface area (Å²) in [6.07, 6.45) is -4.46. The van der Waals surface area contributed by atoms with E-state index < -0.39 is 17.8 Å². The summed E-state index contributed by atoms with van der Waals surface area (Å²) in [4.78, 5) is 11.5. The summed E-state index contributed by atoms with van der Waals surface area (Å²) in [5, 5.41) is 2.56. The van der Waals surface area contributed by atoms with Crippen molar-refractivity contribution in [3.63, 3.8) is 0 Å². The summed E-state index contributed by atoms with van der Waals surface area (Å²) in [5.74, 6) is 0. The third-order valence-electron chi connectivity index (χ3n) is 3.18. The van der Waals surface area contributed by atoms with Gasteiger partial charge >= 0.3 is 12.3 Å². The van der Waals surface area contributed by atoms with Gasteiger partial charge in [0.15, 0.2) is 0 Å². The van der Waals surface area contributed by atoms with Crippen molar-refractivity contribution in [2.45, 2.75) is 19.2 Å². The predicted octanol–water partition coefficient (Wildman–Crippen LogP) is 4.17. The molecule has 0 saturated carbocycles. The molecule has 122 valence electrons. The number of hydrogen-bond acceptors (Lipinski definition) is 2. The van der Waals surface area contributed by atoms with Gasteiger partial charge in [0, 0.05) is 6.54 Å². The van der Waals surface area contributed by atoms with Crippen molar-refractivity contribution in [1.82, 2.24) is 5.32 Å². The van der Waals surface area contributed by atoms with E-state index in [-0.39, 0.29) is 6.61 Å². The number of benzene rings is 2. The predicted molar refractivity (Wildman–Crippen MR) is 79.8 cm³/mol. The van der Waals surface area contributed by atoms with Gasteiger partial charge in [0.05, 0.1) is 5.56 Å². The van der Waals surface area contributed by atoms with E-state index >= 15 is 0 Å². The van der Waals surface area contributed by atoms with Crippen molar-refractivity contribution in [3.05, 3.63) is 71.3 Å². The summed E-state index contributed by atoms with van der Waals surface area (Å²) < 4.78 is 42.3. The summed E-state index contributed by atoms with van der Waals surface area (Å²) in [7, 11) is 0. The number of alkyl halides is 3. The van der Waals surface area contributed by atoms with Crippen LogP contribution in [0.25, 0.3) is 0 Å². The number of alkyl carbamates (subject to hydrolysis) is 1. The third kappa shape index (κ3) is 5.65. The molecule has 2 aromatic rings. The fraction of sp³-hybridized carbons (Fsp3) is 0.235. The van der Waals surface area contributed by atoms with Crippen molar-refractivity contribution < 1.29 is 22.7 Å². The topological polar surface area (TPSA) is 38.3 Å². The number of halogens is 3. The van der Waals surface area contributed by atoms with E-state index in [1.54, 1.807) is 0 Å². The number of carbonyl (C=O) groups excluding carboxylic acids is 1. The standard InChI is InChI=1S/C17H16F3NO2/c18-17(19,20)15-8-6-13(7-9-15)10-11-21-16(22)23-12-14-4-2-1-3-5-14/h1-9H,10-12H2,(H,21,22). The molecule has 0 aromatic heterocycles. The summed E-state index contributed by atoms with van der Waals surface area (Å²) in [5.41, 5.74) is 0.906. The average Bonchev–Trinajstić information content (AvgIpc) is 2.53. The summed E-state index contributed by atoms with van der Waals surface area (Å²) in [6, 6.07) is 14.1. The van der Waals surface area contributed by atoms with Crippen molar-refractivity contribution >= 4 is 6.09 Å². The van der Waals surface area contributed by atoms with Gasteiger partial charge in [-0.3, -0.25) is 0 Å². The van der Waals surface area contributed by atoms with Crippen LogP contribution in [0, 0.1) is 0 Å². The second kappa shape index (κ2) is 7.67. The maximum Gasteiger partial charge on any atom is 0.416 e. The summed E-state index contributed by atoms with van der Waals surface area (Å²) in [6.45, 7) is 0.464. The number of carbonyl (C=O) groups is 1. The van der Waals surface area contributed by atoms with E-state index in [1.165, 1.54) is 12.1 Å². The molecule has 0 saturated heterocycles. The molecule has 0 aliphatic carbocycles. The highest BCUT2D eigenvalue weighted by atomic mass is 19.4. The molecule has 0 unspecified atom stereocenters. The Morgan fingerprint density at radius 1 is 0.957 bits per heavy atom. The zero-order chi connectivity index (χ0) is 16.7. The maximum atomic E-state index is 12.4. The zero-order valence-corrected chi connectivity index (χ0v) is 12.3. The van der Waals surface area contributed by atoms with Gasteiger partial charge in [0.2, 0.25) is 0 Å². The Hall–Kier alpha value is -2.50. The molecule has 3 nitrogen and oxygen atoms in total. The zero-order valence-electron chi connectivity index (χ0n) is 12.3. The Labute approximate surface area is 132 Å². The number of ether oxygens (including phenoxy) is 1. The van der Waals surface area contributed by atoms with Crippen LogP contribution in [0.4, 0.5) is 18.0 Å². The molecule has 6 heteroatoms. The highest BCUT2D eigenvalue weighted by Crippen LogP contribution is 2.29. The van der Waals surface area contributed by atoms with E-state index in [1.807, 2.05) is 30.3 Å². The Bertz CT molecular complexity index is 625. The molecule has 0 heterocycles. The molecule has 2 rings (SSSR count). The molecule has 1 N–H and O–H groups in total.